The number of aryl methyl sites for hydroxylation is 4. The van der Waals surface area contributed by atoms with Gasteiger partial charge < -0.3 is 9.47 Å². The molecule has 0 atom stereocenters. The summed E-state index contributed by atoms with van der Waals surface area (Å²) in [5.74, 6) is -0.280. The summed E-state index contributed by atoms with van der Waals surface area (Å²) in [5.41, 5.74) is 6.04. The summed E-state index contributed by atoms with van der Waals surface area (Å²) < 4.78 is 14.4. The third-order valence-corrected chi connectivity index (χ3v) is 5.86. The van der Waals surface area contributed by atoms with Crippen LogP contribution in [0.4, 0.5) is 0 Å². The normalized spacial score (nSPS) is 11.8. The molecule has 0 aliphatic rings. The van der Waals surface area contributed by atoms with Gasteiger partial charge in [0.25, 0.3) is 0 Å². The number of benzene rings is 2. The number of rotatable bonds is 7. The molecule has 7 heteroatoms. The van der Waals surface area contributed by atoms with Crippen LogP contribution in [0.25, 0.3) is 11.0 Å². The van der Waals surface area contributed by atoms with Gasteiger partial charge in [-0.2, -0.15) is 0 Å². The molecule has 166 valence electrons. The average molecular weight is 488 g/mol. The molecule has 0 fully saturated rings. The van der Waals surface area contributed by atoms with Crippen LogP contribution in [0, 0.1) is 20.8 Å². The molecule has 0 bridgehead atoms. The van der Waals surface area contributed by atoms with Crippen molar-refractivity contribution in [3.8, 4) is 0 Å². The zero-order valence-corrected chi connectivity index (χ0v) is 20.7. The van der Waals surface area contributed by atoms with Crippen LogP contribution in [0.5, 0.6) is 0 Å². The van der Waals surface area contributed by atoms with Crippen molar-refractivity contribution in [1.82, 2.24) is 15.0 Å². The van der Waals surface area contributed by atoms with Crippen LogP contribution in [0.2, 0.25) is 0 Å². The monoisotopic (exact) mass is 487 g/mol. The Bertz CT molecular complexity index is 1080. The molecule has 1 heterocycles. The molecule has 6 nitrogen and oxygen atoms in total. The number of hydrogen-bond donors (Lipinski definition) is 0. The minimum atomic E-state index is -0.512. The predicted octanol–water partition coefficient (Wildman–Crippen LogP) is 5.68. The number of carbonyl (C=O) groups is 1. The Kier molecular flexibility index (Phi) is 7.17. The Morgan fingerprint density at radius 3 is 2.45 bits per heavy atom. The van der Waals surface area contributed by atoms with E-state index < -0.39 is 5.60 Å². The number of nitrogens with zero attached hydrogens (tertiary/aromatic N) is 3. The summed E-state index contributed by atoms with van der Waals surface area (Å²) in [6.07, 6.45) is 0.835. The van der Waals surface area contributed by atoms with Gasteiger partial charge >= 0.3 is 5.97 Å². The highest BCUT2D eigenvalue weighted by Crippen LogP contribution is 2.24. The lowest BCUT2D eigenvalue weighted by molar-refractivity contribution is 0.00678. The molecule has 0 N–H and O–H groups in total. The van der Waals surface area contributed by atoms with E-state index in [4.69, 9.17) is 9.47 Å². The second-order valence-corrected chi connectivity index (χ2v) is 9.72. The lowest BCUT2D eigenvalue weighted by Crippen LogP contribution is -2.25. The van der Waals surface area contributed by atoms with Crippen molar-refractivity contribution < 1.29 is 14.3 Å². The largest absolute Gasteiger partial charge is 0.456 e. The minimum absolute atomic E-state index is 0.280. The van der Waals surface area contributed by atoms with Gasteiger partial charge in [0.05, 0.1) is 17.7 Å². The summed E-state index contributed by atoms with van der Waals surface area (Å²) in [6.45, 7) is 13.4. The van der Waals surface area contributed by atoms with E-state index in [-0.39, 0.29) is 5.97 Å². The van der Waals surface area contributed by atoms with Crippen molar-refractivity contribution in [2.24, 2.45) is 0 Å². The minimum Gasteiger partial charge on any atom is -0.456 e. The van der Waals surface area contributed by atoms with E-state index in [2.05, 4.69) is 26.2 Å². The Morgan fingerprint density at radius 1 is 1.13 bits per heavy atom. The van der Waals surface area contributed by atoms with Gasteiger partial charge in [-0.05, 0) is 82.3 Å². The van der Waals surface area contributed by atoms with Crippen LogP contribution >= 0.6 is 15.9 Å². The second-order valence-electron chi connectivity index (χ2n) is 8.87. The first-order valence-electron chi connectivity index (χ1n) is 10.5. The van der Waals surface area contributed by atoms with Gasteiger partial charge in [0.15, 0.2) is 0 Å². The number of aromatic nitrogens is 3. The van der Waals surface area contributed by atoms with Gasteiger partial charge in [0.2, 0.25) is 0 Å². The maximum absolute atomic E-state index is 12.5. The lowest BCUT2D eigenvalue weighted by atomic mass is 9.99. The number of carbonyl (C=O) groups excluding carboxylic acids is 1. The van der Waals surface area contributed by atoms with E-state index in [1.165, 1.54) is 0 Å². The lowest BCUT2D eigenvalue weighted by Gasteiger charge is -2.21. The van der Waals surface area contributed by atoms with Gasteiger partial charge in [-0.25, -0.2) is 9.48 Å². The molecular weight excluding hydrogens is 458 g/mol. The Labute approximate surface area is 192 Å². The summed E-state index contributed by atoms with van der Waals surface area (Å²) >= 11 is 3.53. The number of fused-ring (bicyclic) bond motifs is 1. The quantitative estimate of drug-likeness (QED) is 0.316. The molecular formula is C24H30BrN3O3. The number of ether oxygens (including phenoxy) is 2. The first kappa shape index (κ1) is 23.4. The molecule has 3 rings (SSSR count). The maximum atomic E-state index is 12.5. The number of halogens is 1. The summed E-state index contributed by atoms with van der Waals surface area (Å²) in [7, 11) is 0. The van der Waals surface area contributed by atoms with Crippen LogP contribution in [0.1, 0.15) is 59.8 Å². The molecule has 0 amide bonds. The first-order valence-corrected chi connectivity index (χ1v) is 11.3. The van der Waals surface area contributed by atoms with Crippen molar-refractivity contribution in [3.63, 3.8) is 0 Å². The fourth-order valence-electron chi connectivity index (χ4n) is 3.60. The SMILES string of the molecule is Cc1cc(COCCCn2nnc3c(C)c(Br)ccc32)cc(C)c1C(=O)OC(C)(C)C. The van der Waals surface area contributed by atoms with Crippen molar-refractivity contribution in [2.45, 2.75) is 66.7 Å². The first-order chi connectivity index (χ1) is 14.6. The topological polar surface area (TPSA) is 66.2 Å². The van der Waals surface area contributed by atoms with Crippen LogP contribution in [0.15, 0.2) is 28.7 Å². The molecule has 0 aliphatic heterocycles. The van der Waals surface area contributed by atoms with Crippen LogP contribution < -0.4 is 0 Å². The Hall–Kier alpha value is -2.25. The Morgan fingerprint density at radius 2 is 1.81 bits per heavy atom. The smallest absolute Gasteiger partial charge is 0.339 e. The zero-order chi connectivity index (χ0) is 22.8. The van der Waals surface area contributed by atoms with Crippen molar-refractivity contribution in [2.75, 3.05) is 6.61 Å². The second kappa shape index (κ2) is 9.49. The molecule has 0 unspecified atom stereocenters. The summed E-state index contributed by atoms with van der Waals surface area (Å²) in [6, 6.07) is 8.06. The summed E-state index contributed by atoms with van der Waals surface area (Å²) in [5, 5.41) is 8.57. The van der Waals surface area contributed by atoms with Crippen LogP contribution in [0.3, 0.4) is 0 Å². The highest BCUT2D eigenvalue weighted by atomic mass is 79.9. The standard InChI is InChI=1S/C24H30BrN3O3/c1-15-12-18(13-16(2)21(15)23(29)31-24(4,5)6)14-30-11-7-10-28-20-9-8-19(25)17(3)22(20)26-27-28/h8-9,12-13H,7,10-11,14H2,1-6H3. The van der Waals surface area contributed by atoms with Gasteiger partial charge in [-0.15, -0.1) is 5.10 Å². The van der Waals surface area contributed by atoms with Crippen molar-refractivity contribution in [1.29, 1.82) is 0 Å². The van der Waals surface area contributed by atoms with E-state index >= 15 is 0 Å². The molecule has 0 radical (unpaired) electrons. The predicted molar refractivity (Wildman–Crippen MR) is 125 cm³/mol. The molecule has 31 heavy (non-hydrogen) atoms. The third kappa shape index (κ3) is 5.71. The average Bonchev–Trinajstić information content (AvgIpc) is 3.06. The highest BCUT2D eigenvalue weighted by molar-refractivity contribution is 9.10. The van der Waals surface area contributed by atoms with E-state index in [1.54, 1.807) is 0 Å². The van der Waals surface area contributed by atoms with Gasteiger partial charge in [0, 0.05) is 17.6 Å². The van der Waals surface area contributed by atoms with E-state index in [0.29, 0.717) is 18.8 Å². The van der Waals surface area contributed by atoms with Crippen molar-refractivity contribution in [3.05, 3.63) is 56.6 Å². The van der Waals surface area contributed by atoms with Gasteiger partial charge in [-0.1, -0.05) is 33.3 Å². The van der Waals surface area contributed by atoms with Crippen LogP contribution in [-0.2, 0) is 22.6 Å². The summed E-state index contributed by atoms with van der Waals surface area (Å²) in [4.78, 5) is 12.5. The molecule has 1 aromatic heterocycles. The zero-order valence-electron chi connectivity index (χ0n) is 19.1. The van der Waals surface area contributed by atoms with E-state index in [1.807, 2.05) is 70.5 Å². The highest BCUT2D eigenvalue weighted by Gasteiger charge is 2.21. The fourth-order valence-corrected chi connectivity index (χ4v) is 3.92. The molecule has 0 spiro atoms. The third-order valence-electron chi connectivity index (χ3n) is 5.00. The van der Waals surface area contributed by atoms with E-state index in [0.717, 1.165) is 50.7 Å². The van der Waals surface area contributed by atoms with E-state index in [9.17, 15) is 4.79 Å². The van der Waals surface area contributed by atoms with Gasteiger partial charge in [-0.3, -0.25) is 0 Å². The number of hydrogen-bond acceptors (Lipinski definition) is 5. The molecule has 0 aliphatic carbocycles. The fraction of sp³-hybridized carbons (Fsp3) is 0.458. The van der Waals surface area contributed by atoms with Gasteiger partial charge in [0.1, 0.15) is 11.1 Å². The molecule has 0 saturated carbocycles. The molecule has 0 saturated heterocycles. The maximum Gasteiger partial charge on any atom is 0.339 e. The molecule has 3 aromatic rings. The van der Waals surface area contributed by atoms with Crippen molar-refractivity contribution >= 4 is 32.9 Å². The molecule has 2 aromatic carbocycles. The number of esters is 1. The van der Waals surface area contributed by atoms with Crippen LogP contribution in [-0.4, -0.2) is 33.2 Å². The Balaban J connectivity index is 1.54.